The lowest BCUT2D eigenvalue weighted by Gasteiger charge is -2.31. The number of carbonyl (C=O) groups excluding carboxylic acids is 6. The summed E-state index contributed by atoms with van der Waals surface area (Å²) in [5.41, 5.74) is 1.75. The molecule has 0 bridgehead atoms. The van der Waals surface area contributed by atoms with Gasteiger partial charge in [0, 0.05) is 24.3 Å². The summed E-state index contributed by atoms with van der Waals surface area (Å²) in [7, 11) is 0. The first-order chi connectivity index (χ1) is 22.1. The maximum absolute atomic E-state index is 12.9. The molecule has 1 saturated heterocycles. The number of carboxylic acid groups (broad SMARTS) is 1. The summed E-state index contributed by atoms with van der Waals surface area (Å²) in [6.45, 7) is 5.77. The first-order valence-electron chi connectivity index (χ1n) is 15.4. The molecule has 0 aromatic heterocycles. The van der Waals surface area contributed by atoms with E-state index in [1.54, 1.807) is 45.9 Å². The number of benzene rings is 1. The molecule has 0 saturated carbocycles. The first-order valence-corrected chi connectivity index (χ1v) is 15.4. The molecular weight excluding hydrogens is 616 g/mol. The van der Waals surface area contributed by atoms with Gasteiger partial charge in [0.1, 0.15) is 19.2 Å². The van der Waals surface area contributed by atoms with Gasteiger partial charge in [-0.2, -0.15) is 0 Å². The number of aliphatic carboxylic acids is 1. The number of aryl methyl sites for hydroxylation is 1. The zero-order valence-electron chi connectivity index (χ0n) is 26.8. The van der Waals surface area contributed by atoms with Crippen LogP contribution in [0.2, 0.25) is 0 Å². The van der Waals surface area contributed by atoms with E-state index >= 15 is 0 Å². The molecule has 3 rings (SSSR count). The van der Waals surface area contributed by atoms with Crippen LogP contribution >= 0.6 is 0 Å². The number of ether oxygens (including phenoxy) is 2. The van der Waals surface area contributed by atoms with Crippen LogP contribution < -0.4 is 16.0 Å². The van der Waals surface area contributed by atoms with E-state index in [0.717, 1.165) is 17.1 Å². The van der Waals surface area contributed by atoms with Crippen molar-refractivity contribution in [2.24, 2.45) is 11.8 Å². The number of carbonyl (C=O) groups is 7. The van der Waals surface area contributed by atoms with Crippen molar-refractivity contribution in [3.63, 3.8) is 0 Å². The third-order valence-corrected chi connectivity index (χ3v) is 7.61. The van der Waals surface area contributed by atoms with Gasteiger partial charge in [0.25, 0.3) is 11.8 Å². The number of rotatable bonds is 15. The first kappa shape index (κ1) is 36.8. The van der Waals surface area contributed by atoms with E-state index in [9.17, 15) is 43.8 Å². The number of hydrogen-bond donors (Lipinski definition) is 5. The molecule has 4 atom stereocenters. The number of hydrogen-bond acceptors (Lipinski definition) is 10. The molecule has 15 nitrogen and oxygen atoms in total. The van der Waals surface area contributed by atoms with Gasteiger partial charge in [-0.1, -0.05) is 33.8 Å². The monoisotopic (exact) mass is 658 g/mol. The lowest BCUT2D eigenvalue weighted by atomic mass is 9.94. The van der Waals surface area contributed by atoms with Crippen LogP contribution in [0.3, 0.4) is 0 Å². The molecular formula is C32H42N4O11. The molecule has 15 heteroatoms. The van der Waals surface area contributed by atoms with Gasteiger partial charge in [0.05, 0.1) is 24.7 Å². The van der Waals surface area contributed by atoms with Crippen molar-refractivity contribution in [3.05, 3.63) is 41.5 Å². The summed E-state index contributed by atoms with van der Waals surface area (Å²) in [4.78, 5) is 85.9. The highest BCUT2D eigenvalue weighted by molar-refractivity contribution is 6.14. The van der Waals surface area contributed by atoms with Crippen LogP contribution in [0.5, 0.6) is 0 Å². The lowest BCUT2D eigenvalue weighted by Crippen LogP contribution is -2.53. The van der Waals surface area contributed by atoms with Crippen molar-refractivity contribution in [1.82, 2.24) is 15.5 Å². The van der Waals surface area contributed by atoms with Crippen molar-refractivity contribution in [3.8, 4) is 0 Å². The van der Waals surface area contributed by atoms with Crippen molar-refractivity contribution in [2.75, 3.05) is 18.4 Å². The molecule has 0 aliphatic carbocycles. The van der Waals surface area contributed by atoms with Gasteiger partial charge in [0.15, 0.2) is 6.10 Å². The maximum Gasteiger partial charge on any atom is 0.332 e. The zero-order chi connectivity index (χ0) is 34.8. The third-order valence-electron chi connectivity index (χ3n) is 7.61. The third kappa shape index (κ3) is 11.0. The summed E-state index contributed by atoms with van der Waals surface area (Å²) >= 11 is 0. The number of nitrogens with zero attached hydrogens (tertiary/aromatic N) is 1. The number of imide groups is 1. The van der Waals surface area contributed by atoms with Crippen molar-refractivity contribution in [1.29, 1.82) is 0 Å². The predicted molar refractivity (Wildman–Crippen MR) is 165 cm³/mol. The van der Waals surface area contributed by atoms with Crippen molar-refractivity contribution < 1.29 is 53.2 Å². The second-order valence-corrected chi connectivity index (χ2v) is 12.1. The number of anilines is 1. The smallest absolute Gasteiger partial charge is 0.332 e. The van der Waals surface area contributed by atoms with Crippen LogP contribution in [0.15, 0.2) is 30.4 Å². The number of aliphatic hydroxyl groups is 1. The summed E-state index contributed by atoms with van der Waals surface area (Å²) in [5.74, 6) is -5.45. The van der Waals surface area contributed by atoms with Crippen LogP contribution in [0.25, 0.3) is 0 Å². The van der Waals surface area contributed by atoms with Gasteiger partial charge >= 0.3 is 11.9 Å². The SMILES string of the molecule is CC(C)C(=O)OCc1ccc(NC(=O)CNC(=O)C(NC(=O)CN2C(=O)C=CC2=O)C(C)C)cc1CCC1CC(O)CC(C(=O)O)O1. The van der Waals surface area contributed by atoms with Crippen molar-refractivity contribution >= 4 is 47.2 Å². The average molecular weight is 659 g/mol. The molecule has 1 fully saturated rings. The largest absolute Gasteiger partial charge is 0.479 e. The van der Waals surface area contributed by atoms with Gasteiger partial charge < -0.3 is 35.6 Å². The summed E-state index contributed by atoms with van der Waals surface area (Å²) in [6, 6.07) is 3.93. The fourth-order valence-corrected chi connectivity index (χ4v) is 5.01. The fraction of sp³-hybridized carbons (Fsp3) is 0.531. The summed E-state index contributed by atoms with van der Waals surface area (Å²) in [6.07, 6.45) is 0.623. The van der Waals surface area contributed by atoms with Crippen LogP contribution in [-0.4, -0.2) is 94.0 Å². The minimum Gasteiger partial charge on any atom is -0.479 e. The molecule has 2 aliphatic rings. The molecule has 2 aliphatic heterocycles. The molecule has 2 heterocycles. The predicted octanol–water partition coefficient (Wildman–Crippen LogP) is 0.432. The average Bonchev–Trinajstić information content (AvgIpc) is 3.32. The Morgan fingerprint density at radius 3 is 2.30 bits per heavy atom. The maximum atomic E-state index is 12.9. The summed E-state index contributed by atoms with van der Waals surface area (Å²) < 4.78 is 11.0. The quantitative estimate of drug-likeness (QED) is 0.129. The van der Waals surface area contributed by atoms with E-state index in [0.29, 0.717) is 29.7 Å². The Morgan fingerprint density at radius 1 is 1.00 bits per heavy atom. The lowest BCUT2D eigenvalue weighted by molar-refractivity contribution is -0.166. The highest BCUT2D eigenvalue weighted by Gasteiger charge is 2.33. The molecule has 47 heavy (non-hydrogen) atoms. The van der Waals surface area contributed by atoms with Crippen LogP contribution in [-0.2, 0) is 56.1 Å². The normalized spacial score (nSPS) is 19.9. The Kier molecular flexibility index (Phi) is 13.2. The number of carboxylic acids is 1. The minimum atomic E-state index is -1.15. The number of nitrogens with one attached hydrogen (secondary N) is 3. The standard InChI is InChI=1S/C32H42N4O11/c1-17(2)29(35-26(39)15-36-27(40)9-10-28(36)41)30(42)33-14-25(38)34-21-7-5-20(16-46-32(45)18(3)4)19(11-21)6-8-23-12-22(37)13-24(47-23)31(43)44/h5,7,9-11,17-18,22-24,29,37H,6,8,12-16H2,1-4H3,(H,33,42)(H,34,38)(H,35,39)(H,43,44). The number of esters is 1. The molecule has 1 aromatic rings. The van der Waals surface area contributed by atoms with Gasteiger partial charge in [-0.05, 0) is 48.4 Å². The molecule has 5 N–H and O–H groups in total. The Bertz CT molecular complexity index is 1390. The second-order valence-electron chi connectivity index (χ2n) is 12.1. The van der Waals surface area contributed by atoms with E-state index in [2.05, 4.69) is 16.0 Å². The minimum absolute atomic E-state index is 0.00289. The fourth-order valence-electron chi connectivity index (χ4n) is 5.01. The van der Waals surface area contributed by atoms with Crippen LogP contribution in [0.1, 0.15) is 58.1 Å². The van der Waals surface area contributed by atoms with E-state index in [1.165, 1.54) is 0 Å². The van der Waals surface area contributed by atoms with E-state index < -0.39 is 78.9 Å². The van der Waals surface area contributed by atoms with Crippen molar-refractivity contribution in [2.45, 2.75) is 84.3 Å². The van der Waals surface area contributed by atoms with E-state index in [4.69, 9.17) is 9.47 Å². The molecule has 1 aromatic carbocycles. The number of amides is 5. The molecule has 0 radical (unpaired) electrons. The Morgan fingerprint density at radius 2 is 1.68 bits per heavy atom. The molecule has 4 unspecified atom stereocenters. The van der Waals surface area contributed by atoms with Gasteiger partial charge in [0.2, 0.25) is 17.7 Å². The molecule has 0 spiro atoms. The van der Waals surface area contributed by atoms with Crippen LogP contribution in [0, 0.1) is 11.8 Å². The van der Waals surface area contributed by atoms with Gasteiger partial charge in [-0.3, -0.25) is 33.7 Å². The number of aliphatic hydroxyl groups excluding tert-OH is 1. The second kappa shape index (κ2) is 16.8. The topological polar surface area (TPSA) is 218 Å². The zero-order valence-corrected chi connectivity index (χ0v) is 26.8. The highest BCUT2D eigenvalue weighted by atomic mass is 16.5. The summed E-state index contributed by atoms with van der Waals surface area (Å²) in [5, 5.41) is 27.2. The van der Waals surface area contributed by atoms with E-state index in [1.807, 2.05) is 0 Å². The van der Waals surface area contributed by atoms with E-state index in [-0.39, 0.29) is 31.3 Å². The Balaban J connectivity index is 1.62. The Hall–Kier alpha value is -4.63. The Labute approximate surface area is 272 Å². The molecule has 256 valence electrons. The highest BCUT2D eigenvalue weighted by Crippen LogP contribution is 2.26. The van der Waals surface area contributed by atoms with Crippen LogP contribution in [0.4, 0.5) is 5.69 Å². The molecule has 5 amide bonds. The van der Waals surface area contributed by atoms with Gasteiger partial charge in [-0.15, -0.1) is 0 Å². The van der Waals surface area contributed by atoms with Gasteiger partial charge in [-0.25, -0.2) is 4.79 Å².